The summed E-state index contributed by atoms with van der Waals surface area (Å²) in [6, 6.07) is 8.41. The van der Waals surface area contributed by atoms with E-state index in [1.54, 1.807) is 0 Å². The summed E-state index contributed by atoms with van der Waals surface area (Å²) in [7, 11) is 0. The van der Waals surface area contributed by atoms with E-state index < -0.39 is 0 Å². The van der Waals surface area contributed by atoms with Crippen LogP contribution in [-0.2, 0) is 0 Å². The fraction of sp³-hybridized carbons (Fsp3) is 0.333. The zero-order valence-corrected chi connectivity index (χ0v) is 7.46. The average Bonchev–Trinajstić information content (AvgIpc) is 2.85. The second-order valence-electron chi connectivity index (χ2n) is 3.02. The van der Waals surface area contributed by atoms with Gasteiger partial charge in [-0.3, -0.25) is 0 Å². The van der Waals surface area contributed by atoms with E-state index in [4.69, 9.17) is 17.3 Å². The van der Waals surface area contributed by atoms with Crippen molar-refractivity contribution in [3.63, 3.8) is 0 Å². The van der Waals surface area contributed by atoms with E-state index in [0.717, 1.165) is 18.1 Å². The van der Waals surface area contributed by atoms with E-state index in [0.29, 0.717) is 6.04 Å². The first-order valence-electron chi connectivity index (χ1n) is 4.03. The summed E-state index contributed by atoms with van der Waals surface area (Å²) in [6.07, 6.45) is 0. The molecular weight excluding hydrogens is 172 g/mol. The average molecular weight is 183 g/mol. The Morgan fingerprint density at radius 1 is 1.42 bits per heavy atom. The van der Waals surface area contributed by atoms with Gasteiger partial charge in [0.15, 0.2) is 0 Å². The highest BCUT2D eigenvalue weighted by atomic mass is 35.5. The van der Waals surface area contributed by atoms with Crippen LogP contribution in [0, 0.1) is 0 Å². The van der Waals surface area contributed by atoms with Crippen LogP contribution in [0.25, 0.3) is 0 Å². The van der Waals surface area contributed by atoms with Crippen molar-refractivity contribution in [2.75, 3.05) is 18.0 Å². The maximum Gasteiger partial charge on any atom is 0.0588 e. The quantitative estimate of drug-likeness (QED) is 0.703. The summed E-state index contributed by atoms with van der Waals surface area (Å²) in [4.78, 5) is 2.26. The fourth-order valence-electron chi connectivity index (χ4n) is 1.33. The summed E-state index contributed by atoms with van der Waals surface area (Å²) in [6.45, 7) is 1.82. The zero-order valence-electron chi connectivity index (χ0n) is 6.70. The van der Waals surface area contributed by atoms with Crippen molar-refractivity contribution >= 4 is 17.3 Å². The van der Waals surface area contributed by atoms with E-state index in [1.165, 1.54) is 5.69 Å². The Bertz CT molecular complexity index is 270. The molecule has 2 N–H and O–H groups in total. The number of nitrogens with two attached hydrogens (primary N) is 1. The summed E-state index contributed by atoms with van der Waals surface area (Å²) < 4.78 is 0. The van der Waals surface area contributed by atoms with E-state index in [1.807, 2.05) is 24.3 Å². The minimum atomic E-state index is 0.547. The van der Waals surface area contributed by atoms with Gasteiger partial charge in [-0.1, -0.05) is 11.6 Å². The highest BCUT2D eigenvalue weighted by Gasteiger charge is 2.32. The van der Waals surface area contributed by atoms with Crippen LogP contribution in [0.5, 0.6) is 0 Å². The summed E-state index contributed by atoms with van der Waals surface area (Å²) in [5.41, 5.74) is 6.74. The maximum absolute atomic E-state index is 5.76. The number of halogens is 1. The standard InChI is InChI=1S/C9H11ClN2/c10-7-1-3-8(4-2-7)12-6-9(12)5-11/h1-4,9H,5-6,11H2. The van der Waals surface area contributed by atoms with E-state index in [9.17, 15) is 0 Å². The first kappa shape index (κ1) is 7.90. The molecule has 3 heteroatoms. The van der Waals surface area contributed by atoms with Crippen LogP contribution >= 0.6 is 11.6 Å². The molecule has 0 aromatic heterocycles. The van der Waals surface area contributed by atoms with Gasteiger partial charge in [-0.2, -0.15) is 0 Å². The van der Waals surface area contributed by atoms with Crippen LogP contribution in [0.2, 0.25) is 5.02 Å². The number of benzene rings is 1. The molecule has 0 amide bonds. The second-order valence-corrected chi connectivity index (χ2v) is 3.45. The molecule has 0 spiro atoms. The Kier molecular flexibility index (Phi) is 1.95. The van der Waals surface area contributed by atoms with Crippen molar-refractivity contribution in [3.8, 4) is 0 Å². The largest absolute Gasteiger partial charge is 0.363 e. The Hall–Kier alpha value is -0.730. The molecule has 1 fully saturated rings. The second kappa shape index (κ2) is 2.96. The molecule has 0 saturated carbocycles. The van der Waals surface area contributed by atoms with Crippen molar-refractivity contribution in [1.82, 2.24) is 0 Å². The molecule has 1 aromatic carbocycles. The van der Waals surface area contributed by atoms with Gasteiger partial charge in [-0.05, 0) is 24.3 Å². The number of nitrogens with zero attached hydrogens (tertiary/aromatic N) is 1. The summed E-state index contributed by atoms with van der Waals surface area (Å²) >= 11 is 5.76. The predicted octanol–water partition coefficient (Wildman–Crippen LogP) is 1.49. The lowest BCUT2D eigenvalue weighted by Gasteiger charge is -2.03. The van der Waals surface area contributed by atoms with Gasteiger partial charge >= 0.3 is 0 Å². The van der Waals surface area contributed by atoms with Gasteiger partial charge in [-0.25, -0.2) is 0 Å². The van der Waals surface area contributed by atoms with Gasteiger partial charge in [0.25, 0.3) is 0 Å². The molecule has 1 aliphatic heterocycles. The summed E-state index contributed by atoms with van der Waals surface area (Å²) in [5.74, 6) is 0. The molecular formula is C9H11ClN2. The molecule has 1 heterocycles. The smallest absolute Gasteiger partial charge is 0.0588 e. The van der Waals surface area contributed by atoms with Crippen molar-refractivity contribution in [2.45, 2.75) is 6.04 Å². The molecule has 12 heavy (non-hydrogen) atoms. The molecule has 1 aromatic rings. The van der Waals surface area contributed by atoms with Crippen LogP contribution in [-0.4, -0.2) is 19.1 Å². The van der Waals surface area contributed by atoms with Crippen LogP contribution in [0.4, 0.5) is 5.69 Å². The zero-order chi connectivity index (χ0) is 8.55. The molecule has 1 atom stereocenters. The summed E-state index contributed by atoms with van der Waals surface area (Å²) in [5, 5.41) is 0.782. The predicted molar refractivity (Wildman–Crippen MR) is 51.6 cm³/mol. The van der Waals surface area contributed by atoms with E-state index in [-0.39, 0.29) is 0 Å². The molecule has 1 unspecified atom stereocenters. The lowest BCUT2D eigenvalue weighted by molar-refractivity contribution is 0.967. The fourth-order valence-corrected chi connectivity index (χ4v) is 1.46. The molecule has 2 nitrogen and oxygen atoms in total. The third-order valence-electron chi connectivity index (χ3n) is 2.14. The first-order valence-corrected chi connectivity index (χ1v) is 4.41. The minimum absolute atomic E-state index is 0.547. The van der Waals surface area contributed by atoms with E-state index in [2.05, 4.69) is 4.90 Å². The Morgan fingerprint density at radius 3 is 2.58 bits per heavy atom. The highest BCUT2D eigenvalue weighted by molar-refractivity contribution is 6.30. The molecule has 2 rings (SSSR count). The molecule has 64 valence electrons. The van der Waals surface area contributed by atoms with Crippen LogP contribution < -0.4 is 10.6 Å². The molecule has 0 radical (unpaired) electrons. The van der Waals surface area contributed by atoms with Crippen molar-refractivity contribution < 1.29 is 0 Å². The number of hydrogen-bond acceptors (Lipinski definition) is 2. The van der Waals surface area contributed by atoms with Crippen molar-refractivity contribution in [2.24, 2.45) is 5.73 Å². The number of rotatable bonds is 2. The molecule has 0 bridgehead atoms. The lowest BCUT2D eigenvalue weighted by atomic mass is 10.3. The highest BCUT2D eigenvalue weighted by Crippen LogP contribution is 2.27. The molecule has 1 aliphatic rings. The molecule has 0 aliphatic carbocycles. The van der Waals surface area contributed by atoms with Gasteiger partial charge in [0.1, 0.15) is 0 Å². The van der Waals surface area contributed by atoms with Crippen molar-refractivity contribution in [3.05, 3.63) is 29.3 Å². The maximum atomic E-state index is 5.76. The van der Waals surface area contributed by atoms with Crippen LogP contribution in [0.1, 0.15) is 0 Å². The number of hydrogen-bond donors (Lipinski definition) is 1. The Morgan fingerprint density at radius 2 is 2.08 bits per heavy atom. The van der Waals surface area contributed by atoms with Gasteiger partial charge in [-0.15, -0.1) is 0 Å². The Labute approximate surface area is 76.9 Å². The third-order valence-corrected chi connectivity index (χ3v) is 2.40. The molecule has 1 saturated heterocycles. The Balaban J connectivity index is 2.10. The first-order chi connectivity index (χ1) is 5.81. The van der Waals surface area contributed by atoms with Gasteiger partial charge in [0, 0.05) is 23.8 Å². The monoisotopic (exact) mass is 182 g/mol. The normalized spacial score (nSPS) is 21.2. The topological polar surface area (TPSA) is 29.0 Å². The van der Waals surface area contributed by atoms with Crippen LogP contribution in [0.15, 0.2) is 24.3 Å². The van der Waals surface area contributed by atoms with E-state index >= 15 is 0 Å². The third kappa shape index (κ3) is 1.40. The van der Waals surface area contributed by atoms with Crippen molar-refractivity contribution in [1.29, 1.82) is 0 Å². The SMILES string of the molecule is NCC1CN1c1ccc(Cl)cc1. The minimum Gasteiger partial charge on any atom is -0.363 e. The van der Waals surface area contributed by atoms with Gasteiger partial charge < -0.3 is 10.6 Å². The lowest BCUT2D eigenvalue weighted by Crippen LogP contribution is -2.11. The van der Waals surface area contributed by atoms with Gasteiger partial charge in [0.2, 0.25) is 0 Å². The van der Waals surface area contributed by atoms with Crippen LogP contribution in [0.3, 0.4) is 0 Å². The van der Waals surface area contributed by atoms with Gasteiger partial charge in [0.05, 0.1) is 6.04 Å². The number of anilines is 1.